The topological polar surface area (TPSA) is 76.6 Å². The maximum Gasteiger partial charge on any atom is 0.220 e. The van der Waals surface area contributed by atoms with Gasteiger partial charge in [0.05, 0.1) is 29.8 Å². The molecule has 0 atom stereocenters. The predicted molar refractivity (Wildman–Crippen MR) is 89.2 cm³/mol. The van der Waals surface area contributed by atoms with Crippen LogP contribution < -0.4 is 5.73 Å². The van der Waals surface area contributed by atoms with Crippen molar-refractivity contribution in [1.29, 1.82) is 0 Å². The molecule has 0 saturated heterocycles. The van der Waals surface area contributed by atoms with E-state index in [2.05, 4.69) is 21.0 Å². The Hall–Kier alpha value is -2.21. The summed E-state index contributed by atoms with van der Waals surface area (Å²) in [6.07, 6.45) is 13.0. The van der Waals surface area contributed by atoms with E-state index in [9.17, 15) is 0 Å². The Balaban J connectivity index is 1.65. The second-order valence-electron chi connectivity index (χ2n) is 6.17. The molecule has 0 aromatic carbocycles. The summed E-state index contributed by atoms with van der Waals surface area (Å²) in [4.78, 5) is 19.3. The Morgan fingerprint density at radius 1 is 1.22 bits per heavy atom. The highest BCUT2D eigenvalue weighted by atomic mass is 16.7. The lowest BCUT2D eigenvalue weighted by atomic mass is 9.98. The van der Waals surface area contributed by atoms with Crippen LogP contribution in [-0.4, -0.2) is 33.4 Å². The molecule has 2 N–H and O–H groups in total. The molecule has 6 nitrogen and oxygen atoms in total. The number of allylic oxidation sites excluding steroid dienone is 2. The van der Waals surface area contributed by atoms with Gasteiger partial charge in [-0.1, -0.05) is 25.3 Å². The first kappa shape index (κ1) is 14.4. The molecule has 1 aliphatic carbocycles. The first-order chi connectivity index (χ1) is 11.3. The molecule has 0 radical (unpaired) electrons. The third-order valence-electron chi connectivity index (χ3n) is 4.56. The lowest BCUT2D eigenvalue weighted by Gasteiger charge is -2.32. The summed E-state index contributed by atoms with van der Waals surface area (Å²) < 4.78 is 0. The molecule has 120 valence electrons. The maximum atomic E-state index is 6.26. The highest BCUT2D eigenvalue weighted by Gasteiger charge is 2.30. The van der Waals surface area contributed by atoms with Gasteiger partial charge in [0.15, 0.2) is 0 Å². The normalized spacial score (nSPS) is 21.6. The molecule has 0 spiro atoms. The molecule has 3 heterocycles. The molecule has 23 heavy (non-hydrogen) atoms. The van der Waals surface area contributed by atoms with Crippen LogP contribution in [0.4, 0.5) is 5.95 Å². The van der Waals surface area contributed by atoms with Crippen LogP contribution in [0.25, 0.3) is 5.57 Å². The number of aliphatic imine (C=N–C) groups is 1. The quantitative estimate of drug-likeness (QED) is 0.928. The van der Waals surface area contributed by atoms with E-state index < -0.39 is 0 Å². The molecular formula is C17H21N5O. The van der Waals surface area contributed by atoms with Gasteiger partial charge in [0.2, 0.25) is 5.95 Å². The summed E-state index contributed by atoms with van der Waals surface area (Å²) in [6, 6.07) is 1.88. The van der Waals surface area contributed by atoms with Gasteiger partial charge in [-0.2, -0.15) is 0 Å². The smallest absolute Gasteiger partial charge is 0.220 e. The van der Waals surface area contributed by atoms with Gasteiger partial charge in [-0.05, 0) is 18.9 Å². The van der Waals surface area contributed by atoms with Gasteiger partial charge >= 0.3 is 0 Å². The van der Waals surface area contributed by atoms with Crippen LogP contribution in [0.5, 0.6) is 0 Å². The summed E-state index contributed by atoms with van der Waals surface area (Å²) in [5.41, 5.74) is 9.74. The lowest BCUT2D eigenvalue weighted by Crippen LogP contribution is -2.31. The summed E-state index contributed by atoms with van der Waals surface area (Å²) in [5, 5.41) is 1.90. The highest BCUT2D eigenvalue weighted by Crippen LogP contribution is 2.33. The summed E-state index contributed by atoms with van der Waals surface area (Å²) >= 11 is 0. The maximum absolute atomic E-state index is 6.26. The summed E-state index contributed by atoms with van der Waals surface area (Å²) in [6.45, 7) is 0.618. The first-order valence-corrected chi connectivity index (χ1v) is 8.29. The zero-order valence-corrected chi connectivity index (χ0v) is 13.1. The van der Waals surface area contributed by atoms with Gasteiger partial charge in [-0.15, -0.1) is 0 Å². The fourth-order valence-corrected chi connectivity index (χ4v) is 3.42. The van der Waals surface area contributed by atoms with Gasteiger partial charge < -0.3 is 5.73 Å². The van der Waals surface area contributed by atoms with Crippen molar-refractivity contribution >= 4 is 17.2 Å². The van der Waals surface area contributed by atoms with Crippen LogP contribution >= 0.6 is 0 Å². The van der Waals surface area contributed by atoms with E-state index in [-0.39, 0.29) is 12.1 Å². The highest BCUT2D eigenvalue weighted by molar-refractivity contribution is 6.10. The number of rotatable bonds is 3. The molecule has 0 amide bonds. The predicted octanol–water partition coefficient (Wildman–Crippen LogP) is 2.71. The molecule has 4 rings (SSSR count). The van der Waals surface area contributed by atoms with E-state index in [4.69, 9.17) is 10.6 Å². The molecular weight excluding hydrogens is 290 g/mol. The molecule has 0 unspecified atom stereocenters. The van der Waals surface area contributed by atoms with E-state index >= 15 is 0 Å². The molecule has 1 aromatic heterocycles. The summed E-state index contributed by atoms with van der Waals surface area (Å²) in [5.74, 6) is 0.287. The number of anilines is 1. The van der Waals surface area contributed by atoms with E-state index in [1.54, 1.807) is 6.20 Å². The number of hydrogen-bond acceptors (Lipinski definition) is 6. The van der Waals surface area contributed by atoms with Crippen molar-refractivity contribution in [3.8, 4) is 0 Å². The number of aromatic nitrogens is 2. The largest absolute Gasteiger partial charge is 0.368 e. The van der Waals surface area contributed by atoms with E-state index in [1.165, 1.54) is 19.3 Å². The summed E-state index contributed by atoms with van der Waals surface area (Å²) in [7, 11) is 0. The Morgan fingerprint density at radius 3 is 2.91 bits per heavy atom. The Morgan fingerprint density at radius 2 is 2.09 bits per heavy atom. The number of nitrogens with two attached hydrogens (primary N) is 1. The molecule has 1 saturated carbocycles. The average Bonchev–Trinajstić information content (AvgIpc) is 3.01. The van der Waals surface area contributed by atoms with Crippen LogP contribution in [0.2, 0.25) is 0 Å². The van der Waals surface area contributed by atoms with Gasteiger partial charge in [-0.3, -0.25) is 9.83 Å². The van der Waals surface area contributed by atoms with Crippen LogP contribution in [0, 0.1) is 0 Å². The molecule has 2 aliphatic heterocycles. The van der Waals surface area contributed by atoms with Gasteiger partial charge in [0.1, 0.15) is 0 Å². The fourth-order valence-electron chi connectivity index (χ4n) is 3.42. The first-order valence-electron chi connectivity index (χ1n) is 8.29. The van der Waals surface area contributed by atoms with Crippen molar-refractivity contribution in [2.45, 2.75) is 44.6 Å². The Labute approximate surface area is 135 Å². The monoisotopic (exact) mass is 311 g/mol. The second kappa shape index (κ2) is 6.12. The zero-order chi connectivity index (χ0) is 15.6. The number of nitrogen functional groups attached to an aromatic ring is 1. The van der Waals surface area contributed by atoms with Crippen molar-refractivity contribution < 1.29 is 4.84 Å². The molecule has 1 fully saturated rings. The van der Waals surface area contributed by atoms with Crippen molar-refractivity contribution in [2.75, 3.05) is 12.3 Å². The van der Waals surface area contributed by atoms with E-state index in [0.717, 1.165) is 41.9 Å². The number of hydrogen-bond donors (Lipinski definition) is 1. The van der Waals surface area contributed by atoms with Crippen LogP contribution in [0.3, 0.4) is 0 Å². The number of fused-ring (bicyclic) bond motifs is 1. The van der Waals surface area contributed by atoms with Gasteiger partial charge in [0.25, 0.3) is 0 Å². The van der Waals surface area contributed by atoms with E-state index in [0.29, 0.717) is 6.54 Å². The standard InChI is InChI=1S/C17H21N5O/c18-17-19-9-8-14(21-17)13-11-20-15-7-4-10-22(16(13)15)23-12-5-2-1-3-6-12/h4,8-10,12H,1-3,5-7,11H2,(H2,18,19,21). The SMILES string of the molecule is Nc1nccc(C2=C3C(=NC2)CC=CN3OC2CCCCC2)n1. The minimum absolute atomic E-state index is 0.287. The van der Waals surface area contributed by atoms with Crippen molar-refractivity contribution in [2.24, 2.45) is 4.99 Å². The van der Waals surface area contributed by atoms with Crippen LogP contribution in [0.15, 0.2) is 35.2 Å². The fraction of sp³-hybridized carbons (Fsp3) is 0.471. The van der Waals surface area contributed by atoms with Crippen molar-refractivity contribution in [1.82, 2.24) is 15.0 Å². The van der Waals surface area contributed by atoms with Crippen LogP contribution in [0.1, 0.15) is 44.2 Å². The number of nitrogens with zero attached hydrogens (tertiary/aromatic N) is 4. The minimum atomic E-state index is 0.287. The number of hydroxylamine groups is 2. The molecule has 3 aliphatic rings. The Bertz CT molecular complexity index is 688. The van der Waals surface area contributed by atoms with E-state index in [1.807, 2.05) is 17.3 Å². The minimum Gasteiger partial charge on any atom is -0.368 e. The van der Waals surface area contributed by atoms with Crippen molar-refractivity contribution in [3.63, 3.8) is 0 Å². The average molecular weight is 311 g/mol. The third kappa shape index (κ3) is 2.86. The zero-order valence-electron chi connectivity index (χ0n) is 13.1. The third-order valence-corrected chi connectivity index (χ3v) is 4.56. The van der Waals surface area contributed by atoms with Crippen molar-refractivity contribution in [3.05, 3.63) is 35.9 Å². The molecule has 6 heteroatoms. The lowest BCUT2D eigenvalue weighted by molar-refractivity contribution is -0.147. The molecule has 1 aromatic rings. The molecule has 0 bridgehead atoms. The van der Waals surface area contributed by atoms with Gasteiger partial charge in [-0.25, -0.2) is 15.0 Å². The second-order valence-corrected chi connectivity index (χ2v) is 6.17. The Kier molecular flexibility index (Phi) is 3.83. The van der Waals surface area contributed by atoms with Crippen LogP contribution in [-0.2, 0) is 4.84 Å². The van der Waals surface area contributed by atoms with Gasteiger partial charge in [0, 0.05) is 24.4 Å².